The van der Waals surface area contributed by atoms with Gasteiger partial charge in [0.2, 0.25) is 0 Å². The summed E-state index contributed by atoms with van der Waals surface area (Å²) in [4.78, 5) is 14.8. The second-order valence-electron chi connectivity index (χ2n) is 9.36. The lowest BCUT2D eigenvalue weighted by Gasteiger charge is -2.40. The van der Waals surface area contributed by atoms with Gasteiger partial charge in [0.15, 0.2) is 17.2 Å². The molecule has 1 fully saturated rings. The van der Waals surface area contributed by atoms with Crippen LogP contribution in [-0.4, -0.2) is 50.5 Å². The molecule has 5 rings (SSSR count). The van der Waals surface area contributed by atoms with Crippen molar-refractivity contribution >= 4 is 17.4 Å². The van der Waals surface area contributed by atoms with Crippen LogP contribution in [0.4, 0.5) is 5.82 Å². The van der Waals surface area contributed by atoms with Crippen LogP contribution < -0.4 is 10.2 Å². The molecule has 0 aromatic carbocycles. The molecule has 0 saturated carbocycles. The summed E-state index contributed by atoms with van der Waals surface area (Å²) in [5.41, 5.74) is 2.09. The molecule has 3 aromatic heterocycles. The van der Waals surface area contributed by atoms with Gasteiger partial charge in [0.1, 0.15) is 11.6 Å². The summed E-state index contributed by atoms with van der Waals surface area (Å²) in [6, 6.07) is 3.93. The van der Waals surface area contributed by atoms with Crippen molar-refractivity contribution in [3.63, 3.8) is 0 Å². The minimum atomic E-state index is -0.132. The molecule has 0 atom stereocenters. The highest BCUT2D eigenvalue weighted by atomic mass is 16.5. The van der Waals surface area contributed by atoms with Gasteiger partial charge in [-0.25, -0.2) is 0 Å². The minimum Gasteiger partial charge on any atom is -0.360 e. The molecule has 9 nitrogen and oxygen atoms in total. The summed E-state index contributed by atoms with van der Waals surface area (Å²) in [7, 11) is 0. The monoisotopic (exact) mass is 409 g/mol. The van der Waals surface area contributed by atoms with Crippen LogP contribution in [0.1, 0.15) is 61.2 Å². The number of hydrogen-bond donors (Lipinski definition) is 1. The van der Waals surface area contributed by atoms with Crippen LogP contribution >= 0.6 is 0 Å². The van der Waals surface area contributed by atoms with Crippen LogP contribution in [-0.2, 0) is 18.3 Å². The number of anilines is 1. The second-order valence-corrected chi connectivity index (χ2v) is 9.36. The molecule has 1 saturated heterocycles. The van der Waals surface area contributed by atoms with Gasteiger partial charge < -0.3 is 14.7 Å². The molecule has 158 valence electrons. The average molecular weight is 409 g/mol. The highest BCUT2D eigenvalue weighted by Crippen LogP contribution is 2.26. The quantitative estimate of drug-likeness (QED) is 0.704. The SMILES string of the molecule is CC(C)(C)c1nnc2ccc(N3CC(CNC(=O)c4noc5c4CCCC5)C3)nn12. The molecule has 0 bridgehead atoms. The van der Waals surface area contributed by atoms with Crippen LogP contribution in [0, 0.1) is 5.92 Å². The number of aryl methyl sites for hydroxylation is 1. The largest absolute Gasteiger partial charge is 0.360 e. The molecular formula is C21H27N7O2. The first-order valence-electron chi connectivity index (χ1n) is 10.6. The van der Waals surface area contributed by atoms with Crippen LogP contribution in [0.3, 0.4) is 0 Å². The molecule has 4 heterocycles. The van der Waals surface area contributed by atoms with Gasteiger partial charge in [0.25, 0.3) is 5.91 Å². The Balaban J connectivity index is 1.20. The molecule has 0 radical (unpaired) electrons. The van der Waals surface area contributed by atoms with Crippen LogP contribution in [0.25, 0.3) is 5.65 Å². The van der Waals surface area contributed by atoms with Crippen molar-refractivity contribution in [3.8, 4) is 0 Å². The summed E-state index contributed by atoms with van der Waals surface area (Å²) in [5, 5.41) is 20.3. The Morgan fingerprint density at radius 3 is 2.80 bits per heavy atom. The maximum absolute atomic E-state index is 12.5. The van der Waals surface area contributed by atoms with Gasteiger partial charge in [-0.1, -0.05) is 25.9 Å². The van der Waals surface area contributed by atoms with Crippen LogP contribution in [0.15, 0.2) is 16.7 Å². The van der Waals surface area contributed by atoms with E-state index in [4.69, 9.17) is 9.62 Å². The summed E-state index contributed by atoms with van der Waals surface area (Å²) in [6.45, 7) is 8.63. The Kier molecular flexibility index (Phi) is 4.48. The molecule has 2 aliphatic rings. The van der Waals surface area contributed by atoms with Gasteiger partial charge in [0, 0.05) is 43.0 Å². The van der Waals surface area contributed by atoms with Crippen molar-refractivity contribution in [2.75, 3.05) is 24.5 Å². The minimum absolute atomic E-state index is 0.126. The molecule has 1 aliphatic carbocycles. The van der Waals surface area contributed by atoms with E-state index in [1.165, 1.54) is 0 Å². The highest BCUT2D eigenvalue weighted by molar-refractivity contribution is 5.93. The Bertz CT molecular complexity index is 1090. The fraction of sp³-hybridized carbons (Fsp3) is 0.571. The van der Waals surface area contributed by atoms with E-state index in [9.17, 15) is 4.79 Å². The standard InChI is InChI=1S/C21H27N7O2/c1-21(2,3)20-24-23-16-8-9-17(25-28(16)20)27-11-13(12-27)10-22-19(29)18-14-6-4-5-7-15(14)30-26-18/h8-9,13H,4-7,10-12H2,1-3H3,(H,22,29). The highest BCUT2D eigenvalue weighted by Gasteiger charge is 2.30. The average Bonchev–Trinajstić information content (AvgIpc) is 3.30. The number of rotatable bonds is 4. The van der Waals surface area contributed by atoms with E-state index in [-0.39, 0.29) is 11.3 Å². The number of amides is 1. The Hall–Kier alpha value is -2.97. The third kappa shape index (κ3) is 3.32. The molecule has 30 heavy (non-hydrogen) atoms. The second kappa shape index (κ2) is 7.07. The molecule has 1 aliphatic heterocycles. The lowest BCUT2D eigenvalue weighted by atomic mass is 9.96. The molecule has 0 unspecified atom stereocenters. The van der Waals surface area contributed by atoms with E-state index in [1.54, 1.807) is 0 Å². The number of aromatic nitrogens is 5. The van der Waals surface area contributed by atoms with Crippen molar-refractivity contribution in [3.05, 3.63) is 35.0 Å². The zero-order valence-electron chi connectivity index (χ0n) is 17.7. The first-order valence-corrected chi connectivity index (χ1v) is 10.6. The molecular weight excluding hydrogens is 382 g/mol. The summed E-state index contributed by atoms with van der Waals surface area (Å²) < 4.78 is 7.18. The summed E-state index contributed by atoms with van der Waals surface area (Å²) in [6.07, 6.45) is 3.96. The molecule has 0 spiro atoms. The third-order valence-electron chi connectivity index (χ3n) is 5.92. The van der Waals surface area contributed by atoms with Gasteiger partial charge in [-0.05, 0) is 31.4 Å². The first kappa shape index (κ1) is 19.0. The van der Waals surface area contributed by atoms with E-state index in [1.807, 2.05) is 16.6 Å². The summed E-state index contributed by atoms with van der Waals surface area (Å²) in [5.74, 6) is 2.89. The number of carbonyl (C=O) groups is 1. The molecule has 3 aromatic rings. The van der Waals surface area contributed by atoms with Crippen molar-refractivity contribution in [1.29, 1.82) is 0 Å². The topological polar surface area (TPSA) is 101 Å². The van der Waals surface area contributed by atoms with Gasteiger partial charge in [-0.3, -0.25) is 4.79 Å². The zero-order valence-corrected chi connectivity index (χ0v) is 17.7. The van der Waals surface area contributed by atoms with Gasteiger partial charge >= 0.3 is 0 Å². The first-order chi connectivity index (χ1) is 14.4. The van der Waals surface area contributed by atoms with Crippen molar-refractivity contribution in [2.45, 2.75) is 51.9 Å². The number of fused-ring (bicyclic) bond motifs is 2. The zero-order chi connectivity index (χ0) is 20.9. The summed E-state index contributed by atoms with van der Waals surface area (Å²) >= 11 is 0. The van der Waals surface area contributed by atoms with E-state index in [0.717, 1.165) is 67.4 Å². The number of hydrogen-bond acceptors (Lipinski definition) is 7. The Morgan fingerprint density at radius 2 is 2.00 bits per heavy atom. The molecule has 9 heteroatoms. The maximum atomic E-state index is 12.5. The predicted octanol–water partition coefficient (Wildman–Crippen LogP) is 2.15. The Morgan fingerprint density at radius 1 is 1.20 bits per heavy atom. The lowest BCUT2D eigenvalue weighted by molar-refractivity contribution is 0.0934. The van der Waals surface area contributed by atoms with Crippen molar-refractivity contribution in [2.24, 2.45) is 5.92 Å². The van der Waals surface area contributed by atoms with Gasteiger partial charge in [0.05, 0.1) is 0 Å². The van der Waals surface area contributed by atoms with E-state index in [2.05, 4.69) is 46.3 Å². The van der Waals surface area contributed by atoms with Gasteiger partial charge in [-0.2, -0.15) is 4.52 Å². The predicted molar refractivity (Wildman–Crippen MR) is 111 cm³/mol. The van der Waals surface area contributed by atoms with E-state index >= 15 is 0 Å². The van der Waals surface area contributed by atoms with Crippen LogP contribution in [0.5, 0.6) is 0 Å². The van der Waals surface area contributed by atoms with Gasteiger partial charge in [-0.15, -0.1) is 15.3 Å². The fourth-order valence-corrected chi connectivity index (χ4v) is 4.19. The number of carbonyl (C=O) groups excluding carboxylic acids is 1. The smallest absolute Gasteiger partial charge is 0.273 e. The van der Waals surface area contributed by atoms with E-state index in [0.29, 0.717) is 18.2 Å². The molecule has 1 amide bonds. The lowest BCUT2D eigenvalue weighted by Crippen LogP contribution is -2.52. The normalized spacial score (nSPS) is 17.1. The molecule has 1 N–H and O–H groups in total. The Labute approximate surface area is 174 Å². The van der Waals surface area contributed by atoms with Crippen molar-refractivity contribution < 1.29 is 9.32 Å². The fourth-order valence-electron chi connectivity index (χ4n) is 4.19. The number of nitrogens with zero attached hydrogens (tertiary/aromatic N) is 6. The van der Waals surface area contributed by atoms with Crippen LogP contribution in [0.2, 0.25) is 0 Å². The number of nitrogens with one attached hydrogen (secondary N) is 1. The maximum Gasteiger partial charge on any atom is 0.273 e. The van der Waals surface area contributed by atoms with Crippen molar-refractivity contribution in [1.82, 2.24) is 30.3 Å². The van der Waals surface area contributed by atoms with E-state index < -0.39 is 0 Å². The third-order valence-corrected chi connectivity index (χ3v) is 5.92.